The molecule has 0 saturated carbocycles. The predicted octanol–water partition coefficient (Wildman–Crippen LogP) is 1.89. The van der Waals surface area contributed by atoms with Crippen LogP contribution in [0.4, 0.5) is 0 Å². The number of amides is 2. The number of carbonyl (C=O) groups is 2. The molecular weight excluding hydrogens is 274 g/mol. The van der Waals surface area contributed by atoms with E-state index in [4.69, 9.17) is 0 Å². The van der Waals surface area contributed by atoms with Gasteiger partial charge in [0.25, 0.3) is 0 Å². The molecule has 1 aromatic rings. The first kappa shape index (κ1) is 15.0. The van der Waals surface area contributed by atoms with E-state index in [1.54, 1.807) is 11.1 Å². The minimum absolute atomic E-state index is 0.0147. The van der Waals surface area contributed by atoms with Gasteiger partial charge in [-0.15, -0.1) is 11.3 Å². The summed E-state index contributed by atoms with van der Waals surface area (Å²) >= 11 is 1.51. The average Bonchev–Trinajstić information content (AvgIpc) is 2.94. The molecule has 6 heteroatoms. The van der Waals surface area contributed by atoms with Crippen molar-refractivity contribution in [3.05, 3.63) is 16.6 Å². The van der Waals surface area contributed by atoms with Crippen molar-refractivity contribution in [1.29, 1.82) is 0 Å². The number of piperazine rings is 1. The van der Waals surface area contributed by atoms with Gasteiger partial charge < -0.3 is 10.2 Å². The van der Waals surface area contributed by atoms with Crippen LogP contribution in [0.1, 0.15) is 45.5 Å². The van der Waals surface area contributed by atoms with Gasteiger partial charge in [-0.2, -0.15) is 0 Å². The quantitative estimate of drug-likeness (QED) is 0.922. The van der Waals surface area contributed by atoms with Crippen LogP contribution in [0, 0.1) is 0 Å². The maximum Gasteiger partial charge on any atom is 0.246 e. The second-order valence-corrected chi connectivity index (χ2v) is 6.39. The van der Waals surface area contributed by atoms with E-state index < -0.39 is 17.6 Å². The molecule has 5 nitrogen and oxygen atoms in total. The third kappa shape index (κ3) is 2.32. The van der Waals surface area contributed by atoms with Crippen molar-refractivity contribution in [2.45, 2.75) is 58.2 Å². The third-order valence-corrected chi connectivity index (χ3v) is 4.91. The fourth-order valence-corrected chi connectivity index (χ4v) is 3.47. The Labute approximate surface area is 123 Å². The summed E-state index contributed by atoms with van der Waals surface area (Å²) in [5.74, 6) is -0.0808. The van der Waals surface area contributed by atoms with Gasteiger partial charge in [-0.1, -0.05) is 13.8 Å². The Morgan fingerprint density at radius 1 is 1.35 bits per heavy atom. The lowest BCUT2D eigenvalue weighted by Crippen LogP contribution is -2.67. The van der Waals surface area contributed by atoms with E-state index in [1.807, 2.05) is 33.1 Å². The molecule has 1 N–H and O–H groups in total. The summed E-state index contributed by atoms with van der Waals surface area (Å²) in [6.45, 7) is 7.74. The van der Waals surface area contributed by atoms with Crippen LogP contribution in [0.25, 0.3) is 0 Å². The highest BCUT2D eigenvalue weighted by Crippen LogP contribution is 2.34. The molecule has 0 aromatic carbocycles. The Hall–Kier alpha value is -1.43. The highest BCUT2D eigenvalue weighted by Gasteiger charge is 2.47. The molecule has 2 unspecified atom stereocenters. The fourth-order valence-electron chi connectivity index (χ4n) is 2.71. The second kappa shape index (κ2) is 5.52. The smallest absolute Gasteiger partial charge is 0.246 e. The lowest BCUT2D eigenvalue weighted by Gasteiger charge is -2.46. The zero-order valence-corrected chi connectivity index (χ0v) is 13.2. The van der Waals surface area contributed by atoms with Crippen molar-refractivity contribution in [1.82, 2.24) is 15.2 Å². The molecule has 1 aliphatic heterocycles. The van der Waals surface area contributed by atoms with Crippen molar-refractivity contribution < 1.29 is 9.59 Å². The summed E-state index contributed by atoms with van der Waals surface area (Å²) in [7, 11) is 0. The van der Waals surface area contributed by atoms with Crippen molar-refractivity contribution in [2.24, 2.45) is 0 Å². The predicted molar refractivity (Wildman–Crippen MR) is 78.3 cm³/mol. The Morgan fingerprint density at radius 3 is 2.55 bits per heavy atom. The molecule has 0 spiro atoms. The van der Waals surface area contributed by atoms with E-state index in [0.29, 0.717) is 12.8 Å². The van der Waals surface area contributed by atoms with E-state index >= 15 is 0 Å². The monoisotopic (exact) mass is 295 g/mol. The van der Waals surface area contributed by atoms with Crippen LogP contribution in [-0.2, 0) is 15.1 Å². The fraction of sp³-hybridized carbons (Fsp3) is 0.643. The molecule has 2 heterocycles. The minimum atomic E-state index is -0.572. The molecule has 0 bridgehead atoms. The van der Waals surface area contributed by atoms with Crippen molar-refractivity contribution in [3.63, 3.8) is 0 Å². The van der Waals surface area contributed by atoms with Crippen LogP contribution in [0.3, 0.4) is 0 Å². The number of carbonyl (C=O) groups excluding carboxylic acids is 2. The number of nitrogens with zero attached hydrogens (tertiary/aromatic N) is 2. The van der Waals surface area contributed by atoms with Gasteiger partial charge in [0, 0.05) is 11.6 Å². The molecular formula is C14H21N3O2S. The Balaban J connectivity index is 2.43. The molecule has 20 heavy (non-hydrogen) atoms. The number of hydrogen-bond acceptors (Lipinski definition) is 4. The Bertz CT molecular complexity index is 499. The van der Waals surface area contributed by atoms with Gasteiger partial charge in [0.15, 0.2) is 0 Å². The molecule has 2 atom stereocenters. The third-order valence-electron chi connectivity index (χ3n) is 3.82. The highest BCUT2D eigenvalue weighted by atomic mass is 32.1. The molecule has 2 amide bonds. The first-order chi connectivity index (χ1) is 9.43. The van der Waals surface area contributed by atoms with E-state index in [9.17, 15) is 9.59 Å². The minimum Gasteiger partial charge on any atom is -0.343 e. The summed E-state index contributed by atoms with van der Waals surface area (Å²) in [4.78, 5) is 31.0. The van der Waals surface area contributed by atoms with Gasteiger partial charge >= 0.3 is 0 Å². The normalized spacial score (nSPS) is 23.9. The van der Waals surface area contributed by atoms with Crippen molar-refractivity contribution in [2.75, 3.05) is 0 Å². The van der Waals surface area contributed by atoms with Crippen molar-refractivity contribution in [3.8, 4) is 0 Å². The molecule has 0 aliphatic carbocycles. The highest BCUT2D eigenvalue weighted by molar-refractivity contribution is 7.09. The Kier molecular flexibility index (Phi) is 4.13. The van der Waals surface area contributed by atoms with Gasteiger partial charge in [0.1, 0.15) is 17.1 Å². The lowest BCUT2D eigenvalue weighted by atomic mass is 9.94. The first-order valence-corrected chi connectivity index (χ1v) is 7.85. The summed E-state index contributed by atoms with van der Waals surface area (Å²) in [6.07, 6.45) is 2.93. The van der Waals surface area contributed by atoms with E-state index in [-0.39, 0.29) is 11.8 Å². The largest absolute Gasteiger partial charge is 0.343 e. The van der Waals surface area contributed by atoms with E-state index in [1.165, 1.54) is 11.3 Å². The lowest BCUT2D eigenvalue weighted by molar-refractivity contribution is -0.156. The van der Waals surface area contributed by atoms with Crippen LogP contribution < -0.4 is 5.32 Å². The maximum atomic E-state index is 12.7. The van der Waals surface area contributed by atoms with E-state index in [0.717, 1.165) is 5.01 Å². The molecule has 1 aliphatic rings. The number of aromatic nitrogens is 1. The summed E-state index contributed by atoms with van der Waals surface area (Å²) < 4.78 is 0. The zero-order chi connectivity index (χ0) is 14.9. The van der Waals surface area contributed by atoms with Crippen LogP contribution in [-0.4, -0.2) is 33.8 Å². The topological polar surface area (TPSA) is 62.3 Å². The van der Waals surface area contributed by atoms with Crippen LogP contribution in [0.15, 0.2) is 11.6 Å². The van der Waals surface area contributed by atoms with Crippen LogP contribution in [0.2, 0.25) is 0 Å². The number of nitrogens with one attached hydrogen (secondary N) is 1. The number of hydrogen-bond donors (Lipinski definition) is 1. The van der Waals surface area contributed by atoms with Crippen LogP contribution in [0.5, 0.6) is 0 Å². The maximum absolute atomic E-state index is 12.7. The molecule has 1 aromatic heterocycles. The molecule has 0 radical (unpaired) electrons. The molecule has 1 fully saturated rings. The molecule has 110 valence electrons. The van der Waals surface area contributed by atoms with Gasteiger partial charge in [0.05, 0.1) is 5.54 Å². The van der Waals surface area contributed by atoms with Gasteiger partial charge in [-0.25, -0.2) is 4.98 Å². The second-order valence-electron chi connectivity index (χ2n) is 5.50. The van der Waals surface area contributed by atoms with Crippen LogP contribution >= 0.6 is 11.3 Å². The van der Waals surface area contributed by atoms with E-state index in [2.05, 4.69) is 10.3 Å². The number of rotatable bonds is 4. The summed E-state index contributed by atoms with van der Waals surface area (Å²) in [6, 6.07) is -0.853. The summed E-state index contributed by atoms with van der Waals surface area (Å²) in [5.41, 5.74) is -0.572. The standard InChI is InChI=1S/C14H21N3O2S/c1-5-9-12(19)17(10(6-2)11(18)16-9)14(3,4)13-15-7-8-20-13/h7-10H,5-6H2,1-4H3,(H,16,18). The van der Waals surface area contributed by atoms with Gasteiger partial charge in [-0.3, -0.25) is 9.59 Å². The van der Waals surface area contributed by atoms with Gasteiger partial charge in [0.2, 0.25) is 11.8 Å². The molecule has 1 saturated heterocycles. The molecule has 2 rings (SSSR count). The zero-order valence-electron chi connectivity index (χ0n) is 12.3. The average molecular weight is 295 g/mol. The SMILES string of the molecule is CCC1NC(=O)C(CC)N(C(C)(C)c2nccs2)C1=O. The Morgan fingerprint density at radius 2 is 2.05 bits per heavy atom. The van der Waals surface area contributed by atoms with Gasteiger partial charge in [-0.05, 0) is 26.7 Å². The first-order valence-electron chi connectivity index (χ1n) is 6.97. The number of thiazole rings is 1. The summed E-state index contributed by atoms with van der Waals surface area (Å²) in [5, 5.41) is 5.57. The van der Waals surface area contributed by atoms with Crippen molar-refractivity contribution >= 4 is 23.2 Å².